The smallest absolute Gasteiger partial charge is 0.245 e. The van der Waals surface area contributed by atoms with Gasteiger partial charge in [-0.1, -0.05) is 18.2 Å². The number of fused-ring (bicyclic) bond motifs is 1. The van der Waals surface area contributed by atoms with Crippen LogP contribution in [-0.4, -0.2) is 43.2 Å². The lowest BCUT2D eigenvalue weighted by molar-refractivity contribution is -0.131. The normalized spacial score (nSPS) is 25.8. The lowest BCUT2D eigenvalue weighted by Crippen LogP contribution is -2.44. The van der Waals surface area contributed by atoms with Crippen LogP contribution in [0.25, 0.3) is 0 Å². The largest absolute Gasteiger partial charge is 0.380 e. The van der Waals surface area contributed by atoms with Gasteiger partial charge in [0.2, 0.25) is 5.91 Å². The van der Waals surface area contributed by atoms with Crippen molar-refractivity contribution in [2.75, 3.05) is 25.5 Å². The molecule has 1 N–H and O–H groups in total. The predicted octanol–water partition coefficient (Wildman–Crippen LogP) is 1.66. The van der Waals surface area contributed by atoms with Gasteiger partial charge in [-0.25, -0.2) is 0 Å². The number of likely N-dealkylation sites (tertiary alicyclic amines) is 1. The number of ether oxygens (including phenoxy) is 1. The highest BCUT2D eigenvalue weighted by Crippen LogP contribution is 2.26. The number of nitrogens with zero attached hydrogens (tertiary/aromatic N) is 1. The van der Waals surface area contributed by atoms with Gasteiger partial charge in [-0.2, -0.15) is 0 Å². The Bertz CT molecular complexity index is 475. The number of aryl methyl sites for hydroxylation is 1. The predicted molar refractivity (Wildman–Crippen MR) is 74.2 cm³/mol. The van der Waals surface area contributed by atoms with Gasteiger partial charge in [0.25, 0.3) is 0 Å². The quantitative estimate of drug-likeness (QED) is 0.879. The van der Waals surface area contributed by atoms with Crippen LogP contribution < -0.4 is 5.32 Å². The second kappa shape index (κ2) is 5.21. The number of hydrogen-bond acceptors (Lipinski definition) is 3. The van der Waals surface area contributed by atoms with E-state index in [2.05, 4.69) is 17.4 Å². The first-order valence-electron chi connectivity index (χ1n) is 6.94. The van der Waals surface area contributed by atoms with E-state index in [1.807, 2.05) is 17.0 Å². The van der Waals surface area contributed by atoms with Crippen molar-refractivity contribution >= 4 is 11.6 Å². The van der Waals surface area contributed by atoms with Gasteiger partial charge < -0.3 is 15.0 Å². The molecule has 1 fully saturated rings. The zero-order valence-electron chi connectivity index (χ0n) is 11.3. The Kier molecular flexibility index (Phi) is 3.42. The molecular formula is C15H20N2O2. The minimum Gasteiger partial charge on any atom is -0.380 e. The van der Waals surface area contributed by atoms with E-state index in [1.165, 1.54) is 5.56 Å². The van der Waals surface area contributed by atoms with Crippen molar-refractivity contribution in [3.05, 3.63) is 29.8 Å². The van der Waals surface area contributed by atoms with E-state index in [0.717, 1.165) is 38.0 Å². The maximum atomic E-state index is 12.5. The summed E-state index contributed by atoms with van der Waals surface area (Å²) in [6.07, 6.45) is 3.01. The maximum absolute atomic E-state index is 12.5. The molecule has 1 amide bonds. The highest BCUT2D eigenvalue weighted by atomic mass is 16.5. The minimum absolute atomic E-state index is 0.0782. The second-order valence-electron chi connectivity index (χ2n) is 5.32. The van der Waals surface area contributed by atoms with Crippen molar-refractivity contribution in [3.63, 3.8) is 0 Å². The third kappa shape index (κ3) is 2.45. The second-order valence-corrected chi connectivity index (χ2v) is 5.32. The summed E-state index contributed by atoms with van der Waals surface area (Å²) in [6, 6.07) is 8.16. The fourth-order valence-corrected chi connectivity index (χ4v) is 2.97. The van der Waals surface area contributed by atoms with Crippen LogP contribution >= 0.6 is 0 Å². The molecule has 2 atom stereocenters. The molecule has 0 bridgehead atoms. The van der Waals surface area contributed by atoms with Crippen molar-refractivity contribution < 1.29 is 9.53 Å². The summed E-state index contributed by atoms with van der Waals surface area (Å²) < 4.78 is 5.32. The van der Waals surface area contributed by atoms with Crippen LogP contribution in [0.2, 0.25) is 0 Å². The molecule has 1 saturated heterocycles. The highest BCUT2D eigenvalue weighted by molar-refractivity contribution is 5.86. The topological polar surface area (TPSA) is 41.6 Å². The molecule has 0 aromatic heterocycles. The molecule has 2 unspecified atom stereocenters. The lowest BCUT2D eigenvalue weighted by atomic mass is 9.97. The zero-order chi connectivity index (χ0) is 13.2. The first-order chi connectivity index (χ1) is 9.28. The van der Waals surface area contributed by atoms with Crippen LogP contribution in [0.1, 0.15) is 18.4 Å². The number of para-hydroxylation sites is 1. The zero-order valence-corrected chi connectivity index (χ0v) is 11.3. The molecule has 3 rings (SSSR count). The summed E-state index contributed by atoms with van der Waals surface area (Å²) >= 11 is 0. The number of anilines is 1. The molecule has 1 aromatic rings. The molecule has 0 spiro atoms. The summed E-state index contributed by atoms with van der Waals surface area (Å²) in [5, 5.41) is 3.37. The van der Waals surface area contributed by atoms with Crippen LogP contribution in [0.15, 0.2) is 24.3 Å². The first-order valence-corrected chi connectivity index (χ1v) is 6.94. The first kappa shape index (κ1) is 12.5. The Morgan fingerprint density at radius 3 is 3.00 bits per heavy atom. The van der Waals surface area contributed by atoms with E-state index < -0.39 is 0 Å². The highest BCUT2D eigenvalue weighted by Gasteiger charge is 2.32. The molecule has 0 radical (unpaired) electrons. The summed E-state index contributed by atoms with van der Waals surface area (Å²) in [5.74, 6) is 0.217. The average Bonchev–Trinajstić information content (AvgIpc) is 2.95. The standard InChI is InChI=1S/C15H20N2O2/c1-19-12-8-9-17(10-12)15(18)14-7-6-11-4-2-3-5-13(11)16-14/h2-5,12,14,16H,6-10H2,1H3. The SMILES string of the molecule is COC1CCN(C(=O)C2CCc3ccccc3N2)C1. The molecule has 4 nitrogen and oxygen atoms in total. The molecule has 4 heteroatoms. The fraction of sp³-hybridized carbons (Fsp3) is 0.533. The fourth-order valence-electron chi connectivity index (χ4n) is 2.97. The molecule has 102 valence electrons. The molecule has 2 aliphatic heterocycles. The molecule has 0 aliphatic carbocycles. The third-order valence-electron chi connectivity index (χ3n) is 4.14. The van der Waals surface area contributed by atoms with Crippen LogP contribution in [0.3, 0.4) is 0 Å². The number of methoxy groups -OCH3 is 1. The molecule has 0 saturated carbocycles. The Morgan fingerprint density at radius 1 is 1.37 bits per heavy atom. The molecule has 2 aliphatic rings. The van der Waals surface area contributed by atoms with Crippen molar-refractivity contribution in [1.29, 1.82) is 0 Å². The van der Waals surface area contributed by atoms with Crippen molar-refractivity contribution in [1.82, 2.24) is 4.90 Å². The summed E-state index contributed by atoms with van der Waals surface area (Å²) in [7, 11) is 1.72. The summed E-state index contributed by atoms with van der Waals surface area (Å²) in [6.45, 7) is 1.55. The van der Waals surface area contributed by atoms with Crippen molar-refractivity contribution in [2.45, 2.75) is 31.4 Å². The van der Waals surface area contributed by atoms with Crippen molar-refractivity contribution in [2.24, 2.45) is 0 Å². The van der Waals surface area contributed by atoms with E-state index in [1.54, 1.807) is 7.11 Å². The average molecular weight is 260 g/mol. The lowest BCUT2D eigenvalue weighted by Gasteiger charge is -2.29. The van der Waals surface area contributed by atoms with E-state index >= 15 is 0 Å². The van der Waals surface area contributed by atoms with Crippen LogP contribution in [0, 0.1) is 0 Å². The molecule has 2 heterocycles. The maximum Gasteiger partial charge on any atom is 0.245 e. The molecule has 19 heavy (non-hydrogen) atoms. The number of carbonyl (C=O) groups is 1. The Labute approximate surface area is 113 Å². The van der Waals surface area contributed by atoms with Crippen molar-refractivity contribution in [3.8, 4) is 0 Å². The van der Waals surface area contributed by atoms with E-state index in [-0.39, 0.29) is 18.1 Å². The van der Waals surface area contributed by atoms with Gasteiger partial charge in [0.1, 0.15) is 6.04 Å². The van der Waals surface area contributed by atoms with Gasteiger partial charge in [-0.05, 0) is 30.9 Å². The van der Waals surface area contributed by atoms with E-state index in [9.17, 15) is 4.79 Å². The van der Waals surface area contributed by atoms with E-state index in [0.29, 0.717) is 0 Å². The number of rotatable bonds is 2. The molecular weight excluding hydrogens is 240 g/mol. The van der Waals surface area contributed by atoms with Gasteiger partial charge in [0.15, 0.2) is 0 Å². The number of hydrogen-bond donors (Lipinski definition) is 1. The number of benzene rings is 1. The van der Waals surface area contributed by atoms with Crippen LogP contribution in [0.5, 0.6) is 0 Å². The summed E-state index contributed by atoms with van der Waals surface area (Å²) in [5.41, 5.74) is 2.41. The summed E-state index contributed by atoms with van der Waals surface area (Å²) in [4.78, 5) is 14.4. The molecule has 1 aromatic carbocycles. The van der Waals surface area contributed by atoms with Gasteiger partial charge in [0, 0.05) is 25.9 Å². The van der Waals surface area contributed by atoms with E-state index in [4.69, 9.17) is 4.74 Å². The third-order valence-corrected chi connectivity index (χ3v) is 4.14. The van der Waals surface area contributed by atoms with Gasteiger partial charge >= 0.3 is 0 Å². The monoisotopic (exact) mass is 260 g/mol. The number of carbonyl (C=O) groups excluding carboxylic acids is 1. The van der Waals surface area contributed by atoms with Gasteiger partial charge in [-0.15, -0.1) is 0 Å². The Morgan fingerprint density at radius 2 is 2.21 bits per heavy atom. The van der Waals surface area contributed by atoms with Gasteiger partial charge in [-0.3, -0.25) is 4.79 Å². The van der Waals surface area contributed by atoms with Crippen LogP contribution in [-0.2, 0) is 16.0 Å². The number of amides is 1. The Balaban J connectivity index is 1.66. The van der Waals surface area contributed by atoms with Gasteiger partial charge in [0.05, 0.1) is 6.10 Å². The minimum atomic E-state index is -0.0782. The number of nitrogens with one attached hydrogen (secondary N) is 1. The Hall–Kier alpha value is -1.55. The van der Waals surface area contributed by atoms with Crippen LogP contribution in [0.4, 0.5) is 5.69 Å².